The van der Waals surface area contributed by atoms with Crippen LogP contribution in [0.2, 0.25) is 0 Å². The zero-order valence-corrected chi connectivity index (χ0v) is 19.5. The molecule has 0 aromatic heterocycles. The zero-order chi connectivity index (χ0) is 26.0. The lowest BCUT2D eigenvalue weighted by molar-refractivity contribution is 0.0686. The van der Waals surface area contributed by atoms with Gasteiger partial charge in [-0.1, -0.05) is 24.3 Å². The second-order valence-corrected chi connectivity index (χ2v) is 8.28. The summed E-state index contributed by atoms with van der Waals surface area (Å²) < 4.78 is 0. The quantitative estimate of drug-likeness (QED) is 0.293. The zero-order valence-electron chi connectivity index (χ0n) is 19.5. The van der Waals surface area contributed by atoms with Crippen LogP contribution < -0.4 is 10.6 Å². The average Bonchev–Trinajstić information content (AvgIpc) is 2.85. The van der Waals surface area contributed by atoms with Crippen LogP contribution in [-0.2, 0) is 0 Å². The third-order valence-corrected chi connectivity index (χ3v) is 5.86. The number of benzene rings is 4. The van der Waals surface area contributed by atoms with E-state index in [0.29, 0.717) is 44.4 Å². The van der Waals surface area contributed by atoms with Gasteiger partial charge >= 0.3 is 11.9 Å². The van der Waals surface area contributed by atoms with Crippen LogP contribution in [0.5, 0.6) is 0 Å². The minimum Gasteiger partial charge on any atom is -0.478 e. The van der Waals surface area contributed by atoms with Crippen molar-refractivity contribution >= 4 is 45.9 Å². The number of carboxylic acid groups (broad SMARTS) is 2. The Morgan fingerprint density at radius 2 is 0.972 bits per heavy atom. The first-order valence-corrected chi connectivity index (χ1v) is 11.0. The van der Waals surface area contributed by atoms with Gasteiger partial charge < -0.3 is 20.8 Å². The topological polar surface area (TPSA) is 133 Å². The molecule has 0 unspecified atom stereocenters. The van der Waals surface area contributed by atoms with Crippen molar-refractivity contribution in [2.45, 2.75) is 13.8 Å². The largest absolute Gasteiger partial charge is 0.478 e. The standard InChI is InChI=1S/C28H22N2O6/c1-15-13-17(27(33)34)7-11-23(15)29-25(31)21-9-10-22(20-6-4-3-5-19(20)21)26(32)30-24-12-8-18(28(35)36)14-16(24)2/h3-14H,1-2H3,(H,29,31)(H,30,32)(H,33,34)(H,35,36). The second-order valence-electron chi connectivity index (χ2n) is 8.28. The Labute approximate surface area is 206 Å². The number of aryl methyl sites for hydroxylation is 2. The van der Waals surface area contributed by atoms with E-state index in [0.717, 1.165) is 0 Å². The van der Waals surface area contributed by atoms with E-state index in [1.165, 1.54) is 24.3 Å². The Hall–Kier alpha value is -4.98. The summed E-state index contributed by atoms with van der Waals surface area (Å²) in [5.41, 5.74) is 3.13. The summed E-state index contributed by atoms with van der Waals surface area (Å²) in [7, 11) is 0. The van der Waals surface area contributed by atoms with Gasteiger partial charge in [-0.3, -0.25) is 9.59 Å². The Kier molecular flexibility index (Phi) is 6.52. The van der Waals surface area contributed by atoms with E-state index in [1.807, 2.05) is 0 Å². The first-order valence-electron chi connectivity index (χ1n) is 11.0. The summed E-state index contributed by atoms with van der Waals surface area (Å²) in [6.45, 7) is 3.41. The van der Waals surface area contributed by atoms with Crippen molar-refractivity contribution in [1.29, 1.82) is 0 Å². The molecule has 4 rings (SSSR count). The highest BCUT2D eigenvalue weighted by atomic mass is 16.4. The summed E-state index contributed by atoms with van der Waals surface area (Å²) in [5.74, 6) is -2.90. The molecule has 36 heavy (non-hydrogen) atoms. The lowest BCUT2D eigenvalue weighted by Crippen LogP contribution is -2.16. The number of carbonyl (C=O) groups excluding carboxylic acids is 2. The fraction of sp³-hybridized carbons (Fsp3) is 0.0714. The van der Waals surface area contributed by atoms with Gasteiger partial charge in [-0.25, -0.2) is 9.59 Å². The number of aromatic carboxylic acids is 2. The van der Waals surface area contributed by atoms with Crippen LogP contribution >= 0.6 is 0 Å². The molecule has 0 heterocycles. The molecular formula is C28H22N2O6. The maximum absolute atomic E-state index is 13.1. The monoisotopic (exact) mass is 482 g/mol. The molecule has 0 aliphatic heterocycles. The Balaban J connectivity index is 1.64. The molecule has 0 saturated heterocycles. The highest BCUT2D eigenvalue weighted by molar-refractivity contribution is 6.19. The van der Waals surface area contributed by atoms with Crippen LogP contribution in [0.3, 0.4) is 0 Å². The second kappa shape index (κ2) is 9.71. The molecule has 0 aliphatic rings. The maximum atomic E-state index is 13.1. The molecule has 4 aromatic carbocycles. The average molecular weight is 482 g/mol. The fourth-order valence-electron chi connectivity index (χ4n) is 3.95. The van der Waals surface area contributed by atoms with E-state index in [9.17, 15) is 19.2 Å². The van der Waals surface area contributed by atoms with Crippen LogP contribution in [-0.4, -0.2) is 34.0 Å². The van der Waals surface area contributed by atoms with Crippen molar-refractivity contribution in [3.63, 3.8) is 0 Å². The lowest BCUT2D eigenvalue weighted by atomic mass is 9.98. The molecule has 0 aliphatic carbocycles. The molecule has 0 saturated carbocycles. The molecule has 0 spiro atoms. The number of hydrogen-bond donors (Lipinski definition) is 4. The van der Waals surface area contributed by atoms with Gasteiger partial charge in [0.05, 0.1) is 11.1 Å². The normalized spacial score (nSPS) is 10.6. The molecule has 2 amide bonds. The minimum absolute atomic E-state index is 0.124. The summed E-state index contributed by atoms with van der Waals surface area (Å²) in [6, 6.07) is 19.0. The van der Waals surface area contributed by atoms with E-state index in [1.54, 1.807) is 62.4 Å². The minimum atomic E-state index is -1.05. The van der Waals surface area contributed by atoms with Gasteiger partial charge in [0, 0.05) is 22.5 Å². The molecule has 0 radical (unpaired) electrons. The SMILES string of the molecule is Cc1cc(C(=O)O)ccc1NC(=O)c1ccc(C(=O)Nc2ccc(C(=O)O)cc2C)c2ccccc12. The van der Waals surface area contributed by atoms with Crippen molar-refractivity contribution in [3.8, 4) is 0 Å². The van der Waals surface area contributed by atoms with Gasteiger partial charge in [-0.05, 0) is 84.3 Å². The van der Waals surface area contributed by atoms with Crippen molar-refractivity contribution < 1.29 is 29.4 Å². The van der Waals surface area contributed by atoms with E-state index in [4.69, 9.17) is 10.2 Å². The van der Waals surface area contributed by atoms with Gasteiger partial charge in [0.2, 0.25) is 0 Å². The number of fused-ring (bicyclic) bond motifs is 1. The summed E-state index contributed by atoms with van der Waals surface area (Å²) >= 11 is 0. The number of hydrogen-bond acceptors (Lipinski definition) is 4. The highest BCUT2D eigenvalue weighted by Gasteiger charge is 2.18. The van der Waals surface area contributed by atoms with Crippen molar-refractivity contribution in [3.05, 3.63) is 106 Å². The third-order valence-electron chi connectivity index (χ3n) is 5.86. The molecule has 8 heteroatoms. The number of rotatable bonds is 6. The molecule has 4 aromatic rings. The van der Waals surface area contributed by atoms with Crippen LogP contribution in [0, 0.1) is 13.8 Å². The number of nitrogens with one attached hydrogen (secondary N) is 2. The van der Waals surface area contributed by atoms with Crippen molar-refractivity contribution in [2.75, 3.05) is 10.6 Å². The van der Waals surface area contributed by atoms with Crippen molar-refractivity contribution in [1.82, 2.24) is 0 Å². The molecule has 0 atom stereocenters. The lowest BCUT2D eigenvalue weighted by Gasteiger charge is -2.14. The number of carboxylic acids is 2. The van der Waals surface area contributed by atoms with Crippen LogP contribution in [0.15, 0.2) is 72.8 Å². The van der Waals surface area contributed by atoms with E-state index in [2.05, 4.69) is 10.6 Å². The number of amides is 2. The molecular weight excluding hydrogens is 460 g/mol. The molecule has 8 nitrogen and oxygen atoms in total. The van der Waals surface area contributed by atoms with Crippen LogP contribution in [0.4, 0.5) is 11.4 Å². The first-order chi connectivity index (χ1) is 17.2. The smallest absolute Gasteiger partial charge is 0.335 e. The molecule has 0 fully saturated rings. The van der Waals surface area contributed by atoms with E-state index in [-0.39, 0.29) is 11.1 Å². The van der Waals surface area contributed by atoms with Gasteiger partial charge in [-0.2, -0.15) is 0 Å². The molecule has 4 N–H and O–H groups in total. The predicted molar refractivity (Wildman–Crippen MR) is 136 cm³/mol. The van der Waals surface area contributed by atoms with Crippen LogP contribution in [0.1, 0.15) is 52.6 Å². The van der Waals surface area contributed by atoms with Gasteiger partial charge in [-0.15, -0.1) is 0 Å². The maximum Gasteiger partial charge on any atom is 0.335 e. The Morgan fingerprint density at radius 1 is 0.583 bits per heavy atom. The van der Waals surface area contributed by atoms with Gasteiger partial charge in [0.1, 0.15) is 0 Å². The number of anilines is 2. The van der Waals surface area contributed by atoms with Crippen molar-refractivity contribution in [2.24, 2.45) is 0 Å². The first kappa shape index (κ1) is 24.2. The van der Waals surface area contributed by atoms with Crippen LogP contribution in [0.25, 0.3) is 10.8 Å². The van der Waals surface area contributed by atoms with E-state index >= 15 is 0 Å². The molecule has 180 valence electrons. The summed E-state index contributed by atoms with van der Waals surface area (Å²) in [4.78, 5) is 48.6. The fourth-order valence-corrected chi connectivity index (χ4v) is 3.95. The van der Waals surface area contributed by atoms with Gasteiger partial charge in [0.25, 0.3) is 11.8 Å². The van der Waals surface area contributed by atoms with Gasteiger partial charge in [0.15, 0.2) is 0 Å². The third kappa shape index (κ3) is 4.78. The van der Waals surface area contributed by atoms with E-state index < -0.39 is 23.8 Å². The molecule has 0 bridgehead atoms. The summed E-state index contributed by atoms with van der Waals surface area (Å²) in [6.07, 6.45) is 0. The number of carbonyl (C=O) groups is 4. The summed E-state index contributed by atoms with van der Waals surface area (Å²) in [5, 5.41) is 25.1. The Morgan fingerprint density at radius 3 is 1.31 bits per heavy atom. The Bertz CT molecular complexity index is 1440. The predicted octanol–water partition coefficient (Wildman–Crippen LogP) is 5.36. The highest BCUT2D eigenvalue weighted by Crippen LogP contribution is 2.26.